The van der Waals surface area contributed by atoms with Gasteiger partial charge in [0.25, 0.3) is 11.8 Å². The Morgan fingerprint density at radius 1 is 1.03 bits per heavy atom. The molecule has 1 N–H and O–H groups in total. The lowest BCUT2D eigenvalue weighted by molar-refractivity contribution is -0.118. The fourth-order valence-electron chi connectivity index (χ4n) is 3.75. The third-order valence-corrected chi connectivity index (χ3v) is 7.35. The number of amides is 2. The number of carbonyl (C=O) groups is 2. The summed E-state index contributed by atoms with van der Waals surface area (Å²) in [6.07, 6.45) is 1.72. The van der Waals surface area contributed by atoms with E-state index in [0.717, 1.165) is 11.1 Å². The van der Waals surface area contributed by atoms with Gasteiger partial charge in [-0.15, -0.1) is 0 Å². The normalized spacial score (nSPS) is 14.3. The van der Waals surface area contributed by atoms with E-state index in [1.807, 2.05) is 32.0 Å². The number of benzene rings is 3. The molecule has 1 saturated heterocycles. The topological polar surface area (TPSA) is 67.9 Å². The van der Waals surface area contributed by atoms with Gasteiger partial charge in [0.2, 0.25) is 0 Å². The molecule has 4 rings (SSSR count). The SMILES string of the molecule is COc1cc(/C=C2\SC(=S)N(c3ccc(Cl)c(Cl)c3)C2=O)ccc1OCC(=O)Nc1cc(C)cc(C)c1. The molecule has 1 aliphatic heterocycles. The Bertz CT molecular complexity index is 1420. The van der Waals surface area contributed by atoms with Gasteiger partial charge in [-0.3, -0.25) is 14.5 Å². The number of carbonyl (C=O) groups excluding carboxylic acids is 2. The van der Waals surface area contributed by atoms with Gasteiger partial charge in [-0.2, -0.15) is 0 Å². The minimum Gasteiger partial charge on any atom is -0.493 e. The van der Waals surface area contributed by atoms with E-state index in [0.29, 0.717) is 47.7 Å². The van der Waals surface area contributed by atoms with Crippen LogP contribution in [0.1, 0.15) is 16.7 Å². The molecule has 2 amide bonds. The second-order valence-electron chi connectivity index (χ2n) is 8.24. The van der Waals surface area contributed by atoms with Crippen molar-refractivity contribution in [2.24, 2.45) is 0 Å². The van der Waals surface area contributed by atoms with Crippen LogP contribution in [-0.2, 0) is 9.59 Å². The second-order valence-corrected chi connectivity index (χ2v) is 10.7. The molecule has 1 aliphatic rings. The van der Waals surface area contributed by atoms with Crippen LogP contribution in [0, 0.1) is 13.8 Å². The van der Waals surface area contributed by atoms with Crippen molar-refractivity contribution >= 4 is 80.8 Å². The molecule has 0 unspecified atom stereocenters. The van der Waals surface area contributed by atoms with Crippen molar-refractivity contribution in [2.75, 3.05) is 23.9 Å². The molecular formula is C27H22Cl2N2O4S2. The van der Waals surface area contributed by atoms with E-state index < -0.39 is 0 Å². The number of thiocarbonyl (C=S) groups is 1. The summed E-state index contributed by atoms with van der Waals surface area (Å²) < 4.78 is 11.5. The summed E-state index contributed by atoms with van der Waals surface area (Å²) in [6, 6.07) is 15.9. The van der Waals surface area contributed by atoms with Gasteiger partial charge in [-0.05, 0) is 79.1 Å². The van der Waals surface area contributed by atoms with Crippen LogP contribution in [0.15, 0.2) is 59.5 Å². The molecule has 3 aromatic carbocycles. The number of nitrogens with zero attached hydrogens (tertiary/aromatic N) is 1. The van der Waals surface area contributed by atoms with E-state index in [2.05, 4.69) is 5.32 Å². The molecule has 3 aromatic rings. The van der Waals surface area contributed by atoms with Gasteiger partial charge >= 0.3 is 0 Å². The number of aryl methyl sites for hydroxylation is 2. The highest BCUT2D eigenvalue weighted by molar-refractivity contribution is 8.27. The van der Waals surface area contributed by atoms with Crippen molar-refractivity contribution in [3.05, 3.63) is 86.2 Å². The van der Waals surface area contributed by atoms with Gasteiger partial charge in [-0.25, -0.2) is 0 Å². The standard InChI is InChI=1S/C27H22Cl2N2O4S2/c1-15-8-16(2)10-18(9-15)30-25(32)14-35-22-7-4-17(11-23(22)34-3)12-24-26(33)31(27(36)37-24)19-5-6-20(28)21(29)13-19/h4-13H,14H2,1-3H3,(H,30,32)/b24-12-. The Kier molecular flexibility index (Phi) is 8.44. The molecule has 0 aromatic heterocycles. The Balaban J connectivity index is 1.46. The molecule has 1 heterocycles. The Hall–Kier alpha value is -3.04. The summed E-state index contributed by atoms with van der Waals surface area (Å²) in [6.45, 7) is 3.75. The van der Waals surface area contributed by atoms with E-state index in [1.54, 1.807) is 42.5 Å². The van der Waals surface area contributed by atoms with Gasteiger partial charge in [-0.1, -0.05) is 59.3 Å². The molecule has 0 radical (unpaired) electrons. The number of nitrogens with one attached hydrogen (secondary N) is 1. The maximum atomic E-state index is 13.1. The summed E-state index contributed by atoms with van der Waals surface area (Å²) in [7, 11) is 1.51. The van der Waals surface area contributed by atoms with Crippen LogP contribution < -0.4 is 19.7 Å². The first-order valence-electron chi connectivity index (χ1n) is 11.1. The van der Waals surface area contributed by atoms with Crippen LogP contribution in [0.2, 0.25) is 10.0 Å². The molecule has 0 atom stereocenters. The third-order valence-electron chi connectivity index (χ3n) is 5.30. The number of methoxy groups -OCH3 is 1. The van der Waals surface area contributed by atoms with Crippen LogP contribution in [0.3, 0.4) is 0 Å². The number of ether oxygens (including phenoxy) is 2. The molecule has 190 valence electrons. The predicted octanol–water partition coefficient (Wildman–Crippen LogP) is 7.04. The summed E-state index contributed by atoms with van der Waals surface area (Å²) >= 11 is 18.7. The highest BCUT2D eigenvalue weighted by atomic mass is 35.5. The van der Waals surface area contributed by atoms with Crippen LogP contribution in [-0.4, -0.2) is 29.9 Å². The number of thioether (sulfide) groups is 1. The summed E-state index contributed by atoms with van der Waals surface area (Å²) in [4.78, 5) is 27.3. The first kappa shape index (κ1) is 27.0. The van der Waals surface area contributed by atoms with Crippen molar-refractivity contribution in [1.82, 2.24) is 0 Å². The number of halogens is 2. The van der Waals surface area contributed by atoms with Gasteiger partial charge in [0, 0.05) is 5.69 Å². The zero-order valence-corrected chi connectivity index (χ0v) is 23.3. The average Bonchev–Trinajstić information content (AvgIpc) is 3.11. The van der Waals surface area contributed by atoms with Crippen LogP contribution >= 0.6 is 47.2 Å². The van der Waals surface area contributed by atoms with Crippen molar-refractivity contribution in [3.8, 4) is 11.5 Å². The maximum absolute atomic E-state index is 13.1. The van der Waals surface area contributed by atoms with Crippen molar-refractivity contribution < 1.29 is 19.1 Å². The molecule has 0 aliphatic carbocycles. The molecule has 6 nitrogen and oxygen atoms in total. The monoisotopic (exact) mass is 572 g/mol. The summed E-state index contributed by atoms with van der Waals surface area (Å²) in [5, 5.41) is 3.56. The zero-order chi connectivity index (χ0) is 26.7. The lowest BCUT2D eigenvalue weighted by atomic mass is 10.1. The van der Waals surface area contributed by atoms with Gasteiger partial charge < -0.3 is 14.8 Å². The van der Waals surface area contributed by atoms with E-state index in [9.17, 15) is 9.59 Å². The van der Waals surface area contributed by atoms with E-state index in [-0.39, 0.29) is 18.4 Å². The molecule has 0 bridgehead atoms. The molecular weight excluding hydrogens is 551 g/mol. The average molecular weight is 574 g/mol. The number of rotatable bonds is 7. The van der Waals surface area contributed by atoms with Crippen LogP contribution in [0.4, 0.5) is 11.4 Å². The lowest BCUT2D eigenvalue weighted by Crippen LogP contribution is -2.27. The highest BCUT2D eigenvalue weighted by Crippen LogP contribution is 2.38. The van der Waals surface area contributed by atoms with Crippen LogP contribution in [0.25, 0.3) is 6.08 Å². The quantitative estimate of drug-likeness (QED) is 0.242. The largest absolute Gasteiger partial charge is 0.493 e. The number of hydrogen-bond acceptors (Lipinski definition) is 6. The van der Waals surface area contributed by atoms with E-state index in [4.69, 9.17) is 44.9 Å². The molecule has 0 saturated carbocycles. The summed E-state index contributed by atoms with van der Waals surface area (Å²) in [5.74, 6) is 0.268. The zero-order valence-electron chi connectivity index (χ0n) is 20.1. The third kappa shape index (κ3) is 6.45. The molecule has 0 spiro atoms. The smallest absolute Gasteiger partial charge is 0.270 e. The minimum atomic E-state index is -0.290. The van der Waals surface area contributed by atoms with E-state index >= 15 is 0 Å². The molecule has 1 fully saturated rings. The van der Waals surface area contributed by atoms with Crippen molar-refractivity contribution in [3.63, 3.8) is 0 Å². The Morgan fingerprint density at radius 3 is 2.43 bits per heavy atom. The van der Waals surface area contributed by atoms with Crippen molar-refractivity contribution in [1.29, 1.82) is 0 Å². The second kappa shape index (κ2) is 11.6. The minimum absolute atomic E-state index is 0.189. The Morgan fingerprint density at radius 2 is 1.76 bits per heavy atom. The maximum Gasteiger partial charge on any atom is 0.270 e. The van der Waals surface area contributed by atoms with E-state index in [1.165, 1.54) is 23.8 Å². The first-order chi connectivity index (χ1) is 17.6. The highest BCUT2D eigenvalue weighted by Gasteiger charge is 2.33. The lowest BCUT2D eigenvalue weighted by Gasteiger charge is -2.15. The first-order valence-corrected chi connectivity index (χ1v) is 13.0. The Labute approximate surface area is 234 Å². The summed E-state index contributed by atoms with van der Waals surface area (Å²) in [5.41, 5.74) is 4.08. The van der Waals surface area contributed by atoms with Gasteiger partial charge in [0.15, 0.2) is 22.4 Å². The fourth-order valence-corrected chi connectivity index (χ4v) is 5.34. The van der Waals surface area contributed by atoms with Crippen LogP contribution in [0.5, 0.6) is 11.5 Å². The fraction of sp³-hybridized carbons (Fsp3) is 0.148. The van der Waals surface area contributed by atoms with Crippen molar-refractivity contribution in [2.45, 2.75) is 13.8 Å². The molecule has 37 heavy (non-hydrogen) atoms. The van der Waals surface area contributed by atoms with Gasteiger partial charge in [0.1, 0.15) is 0 Å². The predicted molar refractivity (Wildman–Crippen MR) is 155 cm³/mol. The number of anilines is 2. The molecule has 10 heteroatoms. The van der Waals surface area contributed by atoms with Gasteiger partial charge in [0.05, 0.1) is 27.7 Å². The number of hydrogen-bond donors (Lipinski definition) is 1.